The first-order chi connectivity index (χ1) is 28.2. The van der Waals surface area contributed by atoms with Crippen molar-refractivity contribution in [3.63, 3.8) is 0 Å². The number of cyclic esters (lactones) is 1. The standard InChI is InChI=1S/C43H67N7O10/c1-12-33-43(8)36(50(41(55)60-43)19-14-13-18-49-23-31(46-47-49)29-16-15-17-30(44)21-29)28(6)45-38(53)24(2)22-42(7,56-11)37(26(4)34(51)27(5)39(54)58-33)59-40-35(52)32(48(9)10)20-25(3)57-40/h15-17,21,23-28,32-33,35-37,40,52H,12-14,18-20,22,44H2,1-11H3,(H,45,53)/t24-,25?,26+,27-,28-,32?,33-,35?,36-,37-,40+,42-,43-/m1/s1. The van der Waals surface area contributed by atoms with E-state index in [-0.39, 0.29) is 37.4 Å². The number of unbranched alkanes of at least 4 members (excludes halogenated alkanes) is 1. The molecule has 3 saturated heterocycles. The summed E-state index contributed by atoms with van der Waals surface area (Å²) in [6, 6.07) is 5.70. The van der Waals surface area contributed by atoms with E-state index in [0.717, 1.165) is 5.56 Å². The van der Waals surface area contributed by atoms with E-state index in [1.807, 2.05) is 64.2 Å². The summed E-state index contributed by atoms with van der Waals surface area (Å²) < 4.78 is 32.9. The van der Waals surface area contributed by atoms with Gasteiger partial charge in [0.15, 0.2) is 17.7 Å². The third kappa shape index (κ3) is 9.96. The molecule has 0 saturated carbocycles. The molecule has 3 aliphatic rings. The van der Waals surface area contributed by atoms with E-state index in [2.05, 4.69) is 15.6 Å². The molecular weight excluding hydrogens is 775 g/mol. The molecule has 60 heavy (non-hydrogen) atoms. The van der Waals surface area contributed by atoms with E-state index in [9.17, 15) is 24.3 Å². The van der Waals surface area contributed by atoms with Crippen LogP contribution in [0, 0.1) is 17.8 Å². The number of aliphatic hydroxyl groups excluding tert-OH is 1. The number of amides is 2. The summed E-state index contributed by atoms with van der Waals surface area (Å²) in [5.41, 5.74) is 5.45. The van der Waals surface area contributed by atoms with E-state index in [4.69, 9.17) is 29.4 Å². The largest absolute Gasteiger partial charge is 0.458 e. The number of carbonyl (C=O) groups excluding carboxylic acids is 4. The predicted molar refractivity (Wildman–Crippen MR) is 222 cm³/mol. The molecule has 3 unspecified atom stereocenters. The van der Waals surface area contributed by atoms with Crippen LogP contribution >= 0.6 is 0 Å². The number of benzene rings is 1. The molecule has 17 heteroatoms. The van der Waals surface area contributed by atoms with Gasteiger partial charge in [0.2, 0.25) is 5.91 Å². The van der Waals surface area contributed by atoms with Crippen molar-refractivity contribution in [2.45, 2.75) is 154 Å². The number of rotatable bonds is 11. The molecule has 3 fully saturated rings. The number of likely N-dealkylation sites (N-methyl/N-ethyl adjacent to an activating group) is 1. The van der Waals surface area contributed by atoms with Crippen molar-refractivity contribution in [3.05, 3.63) is 30.5 Å². The number of anilines is 1. The van der Waals surface area contributed by atoms with Crippen LogP contribution in [0.3, 0.4) is 0 Å². The molecule has 17 nitrogen and oxygen atoms in total. The van der Waals surface area contributed by atoms with Crippen LogP contribution in [0.2, 0.25) is 0 Å². The number of esters is 1. The average molecular weight is 842 g/mol. The number of nitrogens with one attached hydrogen (secondary N) is 1. The van der Waals surface area contributed by atoms with Gasteiger partial charge in [-0.1, -0.05) is 38.1 Å². The number of nitrogens with two attached hydrogens (primary N) is 1. The number of hydrogen-bond donors (Lipinski definition) is 3. The van der Waals surface area contributed by atoms with Crippen LogP contribution in [0.5, 0.6) is 0 Å². The van der Waals surface area contributed by atoms with Crippen molar-refractivity contribution < 1.29 is 48.0 Å². The number of fused-ring (bicyclic) bond motifs is 1. The molecule has 0 radical (unpaired) electrons. The zero-order valence-electron chi connectivity index (χ0n) is 37.1. The van der Waals surface area contributed by atoms with Crippen LogP contribution in [0.25, 0.3) is 11.3 Å². The number of Topliss-reactive ketones (excluding diaryl/α,β-unsaturated/α-hetero) is 1. The zero-order valence-corrected chi connectivity index (χ0v) is 37.1. The van der Waals surface area contributed by atoms with E-state index >= 15 is 0 Å². The summed E-state index contributed by atoms with van der Waals surface area (Å²) in [6.07, 6.45) is -1.12. The van der Waals surface area contributed by atoms with Gasteiger partial charge < -0.3 is 44.7 Å². The highest BCUT2D eigenvalue weighted by atomic mass is 16.7. The second kappa shape index (κ2) is 19.3. The summed E-state index contributed by atoms with van der Waals surface area (Å²) in [5, 5.41) is 23.1. The van der Waals surface area contributed by atoms with Crippen LogP contribution in [0.4, 0.5) is 10.5 Å². The number of aliphatic hydroxyl groups is 1. The zero-order chi connectivity index (χ0) is 44.3. The fraction of sp³-hybridized carbons (Fsp3) is 0.721. The highest BCUT2D eigenvalue weighted by molar-refractivity contribution is 6.00. The number of carbonyl (C=O) groups is 4. The maximum absolute atomic E-state index is 14.4. The van der Waals surface area contributed by atoms with Gasteiger partial charge in [-0.15, -0.1) is 5.10 Å². The molecule has 13 atom stereocenters. The van der Waals surface area contributed by atoms with Crippen LogP contribution in [-0.2, 0) is 44.6 Å². The maximum Gasteiger partial charge on any atom is 0.410 e. The highest BCUT2D eigenvalue weighted by Crippen LogP contribution is 2.40. The first kappa shape index (κ1) is 46.9. The van der Waals surface area contributed by atoms with Crippen LogP contribution < -0.4 is 11.1 Å². The predicted octanol–water partition coefficient (Wildman–Crippen LogP) is 3.81. The summed E-state index contributed by atoms with van der Waals surface area (Å²) in [5.74, 6) is -4.50. The SMILES string of the molecule is CC[C@H]1OC(=O)[C@H](C)C(=O)[C@H](C)[C@@H](O[C@@H]2OC(C)CC(N(C)C)C2O)[C@](C)(OC)C[C@@H](C)C(=O)N[C@H](C)[C@H]2N(CCCCn3cc(-c4cccc(N)c4)nn3)C(=O)O[C@]12C. The second-order valence-electron chi connectivity index (χ2n) is 17.7. The molecule has 334 valence electrons. The normalized spacial score (nSPS) is 36.0. The minimum atomic E-state index is -1.40. The van der Waals surface area contributed by atoms with Gasteiger partial charge in [0.1, 0.15) is 23.8 Å². The van der Waals surface area contributed by atoms with Crippen molar-refractivity contribution in [2.24, 2.45) is 17.8 Å². The number of methoxy groups -OCH3 is 1. The Balaban J connectivity index is 1.41. The number of hydrogen-bond acceptors (Lipinski definition) is 14. The van der Waals surface area contributed by atoms with Gasteiger partial charge in [-0.3, -0.25) is 24.0 Å². The quantitative estimate of drug-likeness (QED) is 0.127. The first-order valence-corrected chi connectivity index (χ1v) is 21.2. The number of nitrogen functional groups attached to an aromatic ring is 1. The highest BCUT2D eigenvalue weighted by Gasteiger charge is 2.59. The molecular formula is C43H67N7O10. The molecule has 1 aromatic heterocycles. The van der Waals surface area contributed by atoms with Crippen molar-refractivity contribution in [3.8, 4) is 11.3 Å². The van der Waals surface area contributed by atoms with Gasteiger partial charge in [-0.2, -0.15) is 0 Å². The Labute approximate surface area is 353 Å². The Bertz CT molecular complexity index is 1830. The molecule has 0 bridgehead atoms. The topological polar surface area (TPSA) is 210 Å². The maximum atomic E-state index is 14.4. The second-order valence-corrected chi connectivity index (χ2v) is 17.7. The monoisotopic (exact) mass is 841 g/mol. The fourth-order valence-electron chi connectivity index (χ4n) is 9.34. The lowest BCUT2D eigenvalue weighted by molar-refractivity contribution is -0.295. The Morgan fingerprint density at radius 2 is 1.77 bits per heavy atom. The summed E-state index contributed by atoms with van der Waals surface area (Å²) in [7, 11) is 5.21. The fourth-order valence-corrected chi connectivity index (χ4v) is 9.34. The third-order valence-electron chi connectivity index (χ3n) is 12.8. The Morgan fingerprint density at radius 3 is 2.42 bits per heavy atom. The van der Waals surface area contributed by atoms with E-state index < -0.39 is 83.5 Å². The van der Waals surface area contributed by atoms with Crippen LogP contribution in [-0.4, -0.2) is 141 Å². The lowest BCUT2D eigenvalue weighted by Crippen LogP contribution is -2.61. The third-order valence-corrected chi connectivity index (χ3v) is 12.8. The number of aromatic nitrogens is 3. The van der Waals surface area contributed by atoms with E-state index in [1.54, 1.807) is 43.3 Å². The molecule has 3 aliphatic heterocycles. The lowest BCUT2D eigenvalue weighted by Gasteiger charge is -2.46. The van der Waals surface area contributed by atoms with Crippen LogP contribution in [0.15, 0.2) is 30.5 Å². The lowest BCUT2D eigenvalue weighted by atomic mass is 9.78. The van der Waals surface area contributed by atoms with Gasteiger partial charge in [-0.05, 0) is 93.0 Å². The Hall–Kier alpha value is -4.16. The van der Waals surface area contributed by atoms with Gasteiger partial charge in [0, 0.05) is 49.3 Å². The minimum Gasteiger partial charge on any atom is -0.458 e. The van der Waals surface area contributed by atoms with Crippen molar-refractivity contribution in [2.75, 3.05) is 33.5 Å². The van der Waals surface area contributed by atoms with Gasteiger partial charge >= 0.3 is 12.1 Å². The number of ether oxygens (including phenoxy) is 5. The molecule has 2 amide bonds. The van der Waals surface area contributed by atoms with E-state index in [1.165, 1.54) is 14.0 Å². The van der Waals surface area contributed by atoms with Gasteiger partial charge in [-0.25, -0.2) is 4.79 Å². The Kier molecular flexibility index (Phi) is 15.1. The molecule has 0 aliphatic carbocycles. The van der Waals surface area contributed by atoms with Crippen molar-refractivity contribution in [1.29, 1.82) is 0 Å². The summed E-state index contributed by atoms with van der Waals surface area (Å²) >= 11 is 0. The number of ketones is 1. The Morgan fingerprint density at radius 1 is 1.07 bits per heavy atom. The van der Waals surface area contributed by atoms with Crippen molar-refractivity contribution >= 4 is 29.4 Å². The average Bonchev–Trinajstić information content (AvgIpc) is 3.78. The summed E-state index contributed by atoms with van der Waals surface area (Å²) in [4.78, 5) is 59.9. The molecule has 1 aromatic carbocycles. The van der Waals surface area contributed by atoms with Gasteiger partial charge in [0.05, 0.1) is 36.1 Å². The van der Waals surface area contributed by atoms with Gasteiger partial charge in [0.25, 0.3) is 0 Å². The summed E-state index contributed by atoms with van der Waals surface area (Å²) in [6.45, 7) is 14.7. The molecule has 4 N–H and O–H groups in total. The molecule has 5 rings (SSSR count). The van der Waals surface area contributed by atoms with Crippen molar-refractivity contribution in [1.82, 2.24) is 30.1 Å². The minimum absolute atomic E-state index is 0.0962. The molecule has 4 heterocycles. The first-order valence-electron chi connectivity index (χ1n) is 21.2. The molecule has 0 spiro atoms. The number of nitrogens with zero attached hydrogens (tertiary/aromatic N) is 5. The van der Waals surface area contributed by atoms with E-state index in [0.29, 0.717) is 37.2 Å². The number of aryl methyl sites for hydroxylation is 1. The van der Waals surface area contributed by atoms with Crippen LogP contribution in [0.1, 0.15) is 87.5 Å². The smallest absolute Gasteiger partial charge is 0.410 e. The molecule has 2 aromatic rings.